The number of ether oxygens (including phenoxy) is 1. The number of aliphatic carboxylic acids is 1. The standard InChI is InChI=1S/C27H32N2O5/c1-2-7-24(26(32)29-14-12-18(13-15-29)16-25(30)31)28-27(33)34-17-23-21-10-5-3-8-19(21)20-9-4-6-11-22(20)23/h3-6,8-11,18,23-24H,2,7,12-17H2,1H3,(H,28,33)(H,30,31). The van der Waals surface area contributed by atoms with Crippen LogP contribution in [0, 0.1) is 5.92 Å². The molecule has 0 aromatic heterocycles. The predicted molar refractivity (Wildman–Crippen MR) is 128 cm³/mol. The summed E-state index contributed by atoms with van der Waals surface area (Å²) < 4.78 is 5.63. The number of carbonyl (C=O) groups is 3. The molecule has 2 aliphatic rings. The van der Waals surface area contributed by atoms with E-state index in [0.717, 1.165) is 28.7 Å². The average molecular weight is 465 g/mol. The Kier molecular flexibility index (Phi) is 7.50. The number of carboxylic acid groups (broad SMARTS) is 1. The highest BCUT2D eigenvalue weighted by Gasteiger charge is 2.32. The van der Waals surface area contributed by atoms with Crippen molar-refractivity contribution in [3.8, 4) is 11.1 Å². The van der Waals surface area contributed by atoms with E-state index in [1.807, 2.05) is 31.2 Å². The number of carboxylic acids is 1. The maximum Gasteiger partial charge on any atom is 0.407 e. The summed E-state index contributed by atoms with van der Waals surface area (Å²) in [6.45, 7) is 3.21. The zero-order valence-corrected chi connectivity index (χ0v) is 19.5. The van der Waals surface area contributed by atoms with Gasteiger partial charge in [-0.2, -0.15) is 0 Å². The van der Waals surface area contributed by atoms with Crippen molar-refractivity contribution in [2.75, 3.05) is 19.7 Å². The second kappa shape index (κ2) is 10.7. The Morgan fingerprint density at radius 2 is 1.62 bits per heavy atom. The number of alkyl carbamates (subject to hydrolysis) is 1. The molecule has 1 aliphatic carbocycles. The van der Waals surface area contributed by atoms with Gasteiger partial charge in [0, 0.05) is 25.4 Å². The fraction of sp³-hybridized carbons (Fsp3) is 0.444. The van der Waals surface area contributed by atoms with Crippen LogP contribution >= 0.6 is 0 Å². The van der Waals surface area contributed by atoms with E-state index < -0.39 is 18.1 Å². The van der Waals surface area contributed by atoms with Crippen LogP contribution in [0.15, 0.2) is 48.5 Å². The SMILES string of the molecule is CCCC(NC(=O)OCC1c2ccccc2-c2ccccc21)C(=O)N1CCC(CC(=O)O)CC1. The third-order valence-electron chi connectivity index (χ3n) is 6.90. The first kappa shape index (κ1) is 23.8. The second-order valence-corrected chi connectivity index (χ2v) is 9.18. The van der Waals surface area contributed by atoms with E-state index in [0.29, 0.717) is 32.4 Å². The molecule has 7 heteroatoms. The first-order valence-corrected chi connectivity index (χ1v) is 12.1. The van der Waals surface area contributed by atoms with Gasteiger partial charge in [0.1, 0.15) is 12.6 Å². The Morgan fingerprint density at radius 3 is 2.18 bits per heavy atom. The summed E-state index contributed by atoms with van der Waals surface area (Å²) in [5.74, 6) is -0.859. The molecular formula is C27H32N2O5. The van der Waals surface area contributed by atoms with Crippen LogP contribution in [0.3, 0.4) is 0 Å². The van der Waals surface area contributed by atoms with Crippen LogP contribution in [0.25, 0.3) is 11.1 Å². The van der Waals surface area contributed by atoms with Gasteiger partial charge in [-0.25, -0.2) is 4.79 Å². The highest BCUT2D eigenvalue weighted by molar-refractivity contribution is 5.86. The normalized spacial score (nSPS) is 16.4. The highest BCUT2D eigenvalue weighted by Crippen LogP contribution is 2.44. The average Bonchev–Trinajstić information content (AvgIpc) is 3.16. The molecule has 1 aliphatic heterocycles. The van der Waals surface area contributed by atoms with Gasteiger partial charge in [-0.1, -0.05) is 61.9 Å². The van der Waals surface area contributed by atoms with Crippen molar-refractivity contribution in [3.05, 3.63) is 59.7 Å². The molecule has 2 aromatic carbocycles. The Bertz CT molecular complexity index is 999. The maximum atomic E-state index is 13.1. The minimum absolute atomic E-state index is 0.0354. The zero-order valence-electron chi connectivity index (χ0n) is 19.5. The number of amides is 2. The van der Waals surface area contributed by atoms with Crippen molar-refractivity contribution in [1.82, 2.24) is 10.2 Å². The summed E-state index contributed by atoms with van der Waals surface area (Å²) >= 11 is 0. The lowest BCUT2D eigenvalue weighted by Gasteiger charge is -2.34. The summed E-state index contributed by atoms with van der Waals surface area (Å²) in [5, 5.41) is 11.8. The Hall–Kier alpha value is -3.35. The number of carbonyl (C=O) groups excluding carboxylic acids is 2. The van der Waals surface area contributed by atoms with Crippen molar-refractivity contribution in [3.63, 3.8) is 0 Å². The first-order valence-electron chi connectivity index (χ1n) is 12.1. The zero-order chi connectivity index (χ0) is 24.1. The van der Waals surface area contributed by atoms with E-state index in [4.69, 9.17) is 9.84 Å². The summed E-state index contributed by atoms with van der Waals surface area (Å²) in [6, 6.07) is 15.7. The molecule has 2 N–H and O–H groups in total. The molecule has 1 saturated heterocycles. The van der Waals surface area contributed by atoms with Crippen LogP contribution in [0.4, 0.5) is 4.79 Å². The number of rotatable bonds is 8. The molecule has 1 unspecified atom stereocenters. The lowest BCUT2D eigenvalue weighted by Crippen LogP contribution is -2.51. The van der Waals surface area contributed by atoms with Crippen LogP contribution in [0.1, 0.15) is 56.1 Å². The van der Waals surface area contributed by atoms with Crippen molar-refractivity contribution >= 4 is 18.0 Å². The number of hydrogen-bond acceptors (Lipinski definition) is 4. The number of piperidine rings is 1. The Balaban J connectivity index is 1.35. The molecule has 0 bridgehead atoms. The summed E-state index contributed by atoms with van der Waals surface area (Å²) in [6.07, 6.45) is 2.16. The monoisotopic (exact) mass is 464 g/mol. The molecule has 4 rings (SSSR count). The number of fused-ring (bicyclic) bond motifs is 3. The van der Waals surface area contributed by atoms with Crippen LogP contribution in [-0.4, -0.2) is 53.7 Å². The van der Waals surface area contributed by atoms with Gasteiger partial charge in [0.25, 0.3) is 0 Å². The molecule has 1 fully saturated rings. The maximum absolute atomic E-state index is 13.1. The van der Waals surface area contributed by atoms with Crippen LogP contribution < -0.4 is 5.32 Å². The van der Waals surface area contributed by atoms with Gasteiger partial charge < -0.3 is 20.1 Å². The summed E-state index contributed by atoms with van der Waals surface area (Å²) in [4.78, 5) is 38.5. The molecule has 1 atom stereocenters. The molecule has 34 heavy (non-hydrogen) atoms. The second-order valence-electron chi connectivity index (χ2n) is 9.18. The summed E-state index contributed by atoms with van der Waals surface area (Å²) in [7, 11) is 0. The smallest absolute Gasteiger partial charge is 0.407 e. The van der Waals surface area contributed by atoms with Gasteiger partial charge in [0.2, 0.25) is 5.91 Å². The third-order valence-corrected chi connectivity index (χ3v) is 6.90. The van der Waals surface area contributed by atoms with Crippen LogP contribution in [0.2, 0.25) is 0 Å². The lowest BCUT2D eigenvalue weighted by atomic mass is 9.93. The highest BCUT2D eigenvalue weighted by atomic mass is 16.5. The van der Waals surface area contributed by atoms with Crippen LogP contribution in [-0.2, 0) is 14.3 Å². The van der Waals surface area contributed by atoms with Crippen molar-refractivity contribution in [2.45, 2.75) is 51.0 Å². The van der Waals surface area contributed by atoms with E-state index in [2.05, 4.69) is 29.6 Å². The topological polar surface area (TPSA) is 95.9 Å². The van der Waals surface area contributed by atoms with Gasteiger partial charge in [-0.3, -0.25) is 9.59 Å². The van der Waals surface area contributed by atoms with E-state index in [-0.39, 0.29) is 30.8 Å². The van der Waals surface area contributed by atoms with Crippen molar-refractivity contribution in [1.29, 1.82) is 0 Å². The fourth-order valence-corrected chi connectivity index (χ4v) is 5.15. The minimum Gasteiger partial charge on any atom is -0.481 e. The van der Waals surface area contributed by atoms with E-state index in [1.165, 1.54) is 0 Å². The number of benzene rings is 2. The summed E-state index contributed by atoms with van der Waals surface area (Å²) in [5.41, 5.74) is 4.61. The molecule has 0 radical (unpaired) electrons. The molecule has 180 valence electrons. The van der Waals surface area contributed by atoms with E-state index >= 15 is 0 Å². The fourth-order valence-electron chi connectivity index (χ4n) is 5.15. The first-order chi connectivity index (χ1) is 16.5. The molecule has 2 aromatic rings. The van der Waals surface area contributed by atoms with E-state index in [1.54, 1.807) is 4.90 Å². The predicted octanol–water partition coefficient (Wildman–Crippen LogP) is 4.41. The van der Waals surface area contributed by atoms with Gasteiger partial charge in [0.05, 0.1) is 0 Å². The Labute approximate surface area is 200 Å². The largest absolute Gasteiger partial charge is 0.481 e. The molecule has 0 saturated carbocycles. The molecule has 7 nitrogen and oxygen atoms in total. The molecule has 0 spiro atoms. The third kappa shape index (κ3) is 5.24. The van der Waals surface area contributed by atoms with E-state index in [9.17, 15) is 14.4 Å². The molecular weight excluding hydrogens is 432 g/mol. The number of nitrogens with zero attached hydrogens (tertiary/aromatic N) is 1. The van der Waals surface area contributed by atoms with Crippen molar-refractivity contribution in [2.24, 2.45) is 5.92 Å². The molecule has 1 heterocycles. The minimum atomic E-state index is -0.800. The number of likely N-dealkylation sites (tertiary alicyclic amines) is 1. The van der Waals surface area contributed by atoms with Gasteiger partial charge in [0.15, 0.2) is 0 Å². The van der Waals surface area contributed by atoms with Gasteiger partial charge in [-0.15, -0.1) is 0 Å². The van der Waals surface area contributed by atoms with Gasteiger partial charge >= 0.3 is 12.1 Å². The van der Waals surface area contributed by atoms with Gasteiger partial charge in [-0.05, 0) is 47.4 Å². The molecule has 2 amide bonds. The van der Waals surface area contributed by atoms with Crippen LogP contribution in [0.5, 0.6) is 0 Å². The lowest BCUT2D eigenvalue weighted by molar-refractivity contribution is -0.139. The number of nitrogens with one attached hydrogen (secondary N) is 1. The quantitative estimate of drug-likeness (QED) is 0.603. The van der Waals surface area contributed by atoms with Crippen molar-refractivity contribution < 1.29 is 24.2 Å². The Morgan fingerprint density at radius 1 is 1.03 bits per heavy atom. The number of hydrogen-bond donors (Lipinski definition) is 2.